The quantitative estimate of drug-likeness (QED) is 0.561. The van der Waals surface area contributed by atoms with Crippen LogP contribution in [0.25, 0.3) is 11.5 Å². The SMILES string of the molecule is COc1ccc(-c2nc(C3CC(=O)N(Cc4cccc(C(F)(F)F)c4)C3)no2)c(OC)c1. The van der Waals surface area contributed by atoms with Crippen molar-refractivity contribution < 1.29 is 32.0 Å². The molecule has 1 saturated heterocycles. The monoisotopic (exact) mass is 447 g/mol. The molecule has 4 rings (SSSR count). The number of benzene rings is 2. The van der Waals surface area contributed by atoms with E-state index in [1.54, 1.807) is 31.4 Å². The molecule has 1 aliphatic rings. The van der Waals surface area contributed by atoms with Gasteiger partial charge in [0.15, 0.2) is 5.82 Å². The average molecular weight is 447 g/mol. The van der Waals surface area contributed by atoms with E-state index in [2.05, 4.69) is 10.1 Å². The molecule has 168 valence electrons. The predicted molar refractivity (Wildman–Crippen MR) is 107 cm³/mol. The fourth-order valence-corrected chi connectivity index (χ4v) is 3.65. The molecule has 1 amide bonds. The van der Waals surface area contributed by atoms with E-state index in [0.717, 1.165) is 12.1 Å². The number of likely N-dealkylation sites (tertiary alicyclic amines) is 1. The van der Waals surface area contributed by atoms with E-state index in [4.69, 9.17) is 14.0 Å². The van der Waals surface area contributed by atoms with Gasteiger partial charge in [0.1, 0.15) is 11.5 Å². The summed E-state index contributed by atoms with van der Waals surface area (Å²) in [5.74, 6) is 1.20. The number of carbonyl (C=O) groups excluding carboxylic acids is 1. The van der Waals surface area contributed by atoms with Crippen molar-refractivity contribution in [3.63, 3.8) is 0 Å². The van der Waals surface area contributed by atoms with Gasteiger partial charge in [0.05, 0.1) is 25.3 Å². The molecule has 2 heterocycles. The summed E-state index contributed by atoms with van der Waals surface area (Å²) in [4.78, 5) is 18.4. The van der Waals surface area contributed by atoms with Gasteiger partial charge in [-0.2, -0.15) is 18.2 Å². The highest BCUT2D eigenvalue weighted by atomic mass is 19.4. The highest BCUT2D eigenvalue weighted by Crippen LogP contribution is 2.35. The molecule has 2 aromatic carbocycles. The van der Waals surface area contributed by atoms with Gasteiger partial charge in [0.2, 0.25) is 5.91 Å². The molecule has 0 N–H and O–H groups in total. The molecule has 1 atom stereocenters. The van der Waals surface area contributed by atoms with Crippen molar-refractivity contribution in [2.24, 2.45) is 0 Å². The third kappa shape index (κ3) is 4.39. The summed E-state index contributed by atoms with van der Waals surface area (Å²) >= 11 is 0. The first kappa shape index (κ1) is 21.7. The fourth-order valence-electron chi connectivity index (χ4n) is 3.65. The van der Waals surface area contributed by atoms with E-state index >= 15 is 0 Å². The summed E-state index contributed by atoms with van der Waals surface area (Å²) in [6.45, 7) is 0.365. The van der Waals surface area contributed by atoms with Crippen LogP contribution in [-0.4, -0.2) is 41.7 Å². The predicted octanol–water partition coefficient (Wildman–Crippen LogP) is 4.29. The molecule has 1 aromatic heterocycles. The van der Waals surface area contributed by atoms with Gasteiger partial charge in [-0.1, -0.05) is 17.3 Å². The molecule has 0 spiro atoms. The van der Waals surface area contributed by atoms with Crippen LogP contribution in [-0.2, 0) is 17.5 Å². The molecule has 0 radical (unpaired) electrons. The topological polar surface area (TPSA) is 77.7 Å². The molecule has 1 aliphatic heterocycles. The Morgan fingerprint density at radius 1 is 1.16 bits per heavy atom. The van der Waals surface area contributed by atoms with E-state index in [1.165, 1.54) is 18.1 Å². The third-order valence-electron chi connectivity index (χ3n) is 5.29. The van der Waals surface area contributed by atoms with Crippen LogP contribution in [0, 0.1) is 0 Å². The third-order valence-corrected chi connectivity index (χ3v) is 5.29. The van der Waals surface area contributed by atoms with E-state index in [1.807, 2.05) is 0 Å². The number of halogens is 3. The van der Waals surface area contributed by atoms with Crippen LogP contribution in [0.3, 0.4) is 0 Å². The molecular weight excluding hydrogens is 427 g/mol. The average Bonchev–Trinajstić information content (AvgIpc) is 3.40. The van der Waals surface area contributed by atoms with Crippen LogP contribution in [0.1, 0.15) is 29.3 Å². The standard InChI is InChI=1S/C22H20F3N3O4/c1-30-16-6-7-17(18(10-16)31-2)21-26-20(27-32-21)14-9-19(29)28(12-14)11-13-4-3-5-15(8-13)22(23,24)25/h3-8,10,14H,9,11-12H2,1-2H3. The first-order valence-corrected chi connectivity index (χ1v) is 9.78. The Balaban J connectivity index is 1.49. The van der Waals surface area contributed by atoms with Gasteiger partial charge < -0.3 is 18.9 Å². The second-order valence-corrected chi connectivity index (χ2v) is 7.40. The summed E-state index contributed by atoms with van der Waals surface area (Å²) < 4.78 is 54.8. The lowest BCUT2D eigenvalue weighted by molar-refractivity contribution is -0.137. The molecule has 7 nitrogen and oxygen atoms in total. The Morgan fingerprint density at radius 3 is 2.69 bits per heavy atom. The molecule has 1 unspecified atom stereocenters. The Kier molecular flexibility index (Phi) is 5.77. The van der Waals surface area contributed by atoms with Crippen molar-refractivity contribution >= 4 is 5.91 Å². The molecule has 1 fully saturated rings. The van der Waals surface area contributed by atoms with Crippen molar-refractivity contribution in [3.8, 4) is 23.0 Å². The lowest BCUT2D eigenvalue weighted by Gasteiger charge is -2.17. The van der Waals surface area contributed by atoms with Crippen LogP contribution in [0.15, 0.2) is 47.0 Å². The van der Waals surface area contributed by atoms with Gasteiger partial charge in [0, 0.05) is 31.5 Å². The normalized spacial score (nSPS) is 16.5. The zero-order chi connectivity index (χ0) is 22.9. The maximum atomic E-state index is 13.0. The van der Waals surface area contributed by atoms with Crippen LogP contribution in [0.5, 0.6) is 11.5 Å². The van der Waals surface area contributed by atoms with Gasteiger partial charge in [-0.15, -0.1) is 0 Å². The Hall–Kier alpha value is -3.56. The minimum absolute atomic E-state index is 0.0796. The maximum Gasteiger partial charge on any atom is 0.416 e. The Bertz CT molecular complexity index is 1130. The first-order valence-electron chi connectivity index (χ1n) is 9.78. The van der Waals surface area contributed by atoms with Crippen LogP contribution in [0.4, 0.5) is 13.2 Å². The van der Waals surface area contributed by atoms with Crippen molar-refractivity contribution in [1.82, 2.24) is 15.0 Å². The number of carbonyl (C=O) groups is 1. The molecule has 32 heavy (non-hydrogen) atoms. The van der Waals surface area contributed by atoms with Gasteiger partial charge in [-0.05, 0) is 29.8 Å². The summed E-state index contributed by atoms with van der Waals surface area (Å²) in [7, 11) is 3.05. The van der Waals surface area contributed by atoms with E-state index in [-0.39, 0.29) is 37.2 Å². The van der Waals surface area contributed by atoms with Crippen LogP contribution < -0.4 is 9.47 Å². The highest BCUT2D eigenvalue weighted by Gasteiger charge is 2.35. The summed E-state index contributed by atoms with van der Waals surface area (Å²) in [6.07, 6.45) is -4.28. The number of ether oxygens (including phenoxy) is 2. The minimum atomic E-state index is -4.43. The Labute approximate surface area is 181 Å². The smallest absolute Gasteiger partial charge is 0.416 e. The molecule has 0 aliphatic carbocycles. The van der Waals surface area contributed by atoms with Crippen molar-refractivity contribution in [1.29, 1.82) is 0 Å². The van der Waals surface area contributed by atoms with Crippen LogP contribution >= 0.6 is 0 Å². The van der Waals surface area contributed by atoms with Crippen LogP contribution in [0.2, 0.25) is 0 Å². The largest absolute Gasteiger partial charge is 0.497 e. The van der Waals surface area contributed by atoms with E-state index in [0.29, 0.717) is 28.5 Å². The fraction of sp³-hybridized carbons (Fsp3) is 0.318. The number of hydrogen-bond acceptors (Lipinski definition) is 6. The zero-order valence-electron chi connectivity index (χ0n) is 17.3. The van der Waals surface area contributed by atoms with Crippen molar-refractivity contribution in [3.05, 3.63) is 59.4 Å². The second kappa shape index (κ2) is 8.52. The summed E-state index contributed by atoms with van der Waals surface area (Å²) in [5.41, 5.74) is 0.247. The maximum absolute atomic E-state index is 13.0. The lowest BCUT2D eigenvalue weighted by atomic mass is 10.1. The number of amides is 1. The lowest BCUT2D eigenvalue weighted by Crippen LogP contribution is -2.24. The highest BCUT2D eigenvalue weighted by molar-refractivity contribution is 5.79. The van der Waals surface area contributed by atoms with E-state index in [9.17, 15) is 18.0 Å². The van der Waals surface area contributed by atoms with Crippen molar-refractivity contribution in [2.45, 2.75) is 25.1 Å². The second-order valence-electron chi connectivity index (χ2n) is 7.40. The minimum Gasteiger partial charge on any atom is -0.497 e. The number of rotatable bonds is 6. The summed E-state index contributed by atoms with van der Waals surface area (Å²) in [6, 6.07) is 10.1. The van der Waals surface area contributed by atoms with E-state index < -0.39 is 11.7 Å². The number of hydrogen-bond donors (Lipinski definition) is 0. The number of methoxy groups -OCH3 is 2. The number of alkyl halides is 3. The molecule has 0 saturated carbocycles. The molecule has 10 heteroatoms. The van der Waals surface area contributed by atoms with Gasteiger partial charge >= 0.3 is 6.18 Å². The number of nitrogens with zero attached hydrogens (tertiary/aromatic N) is 3. The van der Waals surface area contributed by atoms with Gasteiger partial charge in [-0.3, -0.25) is 4.79 Å². The summed E-state index contributed by atoms with van der Waals surface area (Å²) in [5, 5.41) is 4.01. The molecule has 3 aromatic rings. The molecule has 0 bridgehead atoms. The number of aromatic nitrogens is 2. The molecular formula is C22H20F3N3O4. The first-order chi connectivity index (χ1) is 15.3. The van der Waals surface area contributed by atoms with Gasteiger partial charge in [-0.25, -0.2) is 0 Å². The zero-order valence-corrected chi connectivity index (χ0v) is 17.3. The Morgan fingerprint density at radius 2 is 1.97 bits per heavy atom. The van der Waals surface area contributed by atoms with Gasteiger partial charge in [0.25, 0.3) is 5.89 Å². The van der Waals surface area contributed by atoms with Crippen molar-refractivity contribution in [2.75, 3.05) is 20.8 Å².